The highest BCUT2D eigenvalue weighted by molar-refractivity contribution is 4.42. The van der Waals surface area contributed by atoms with Crippen LogP contribution in [0, 0.1) is 0 Å². The third kappa shape index (κ3) is 6.01. The second-order valence-corrected chi connectivity index (χ2v) is 2.26. The van der Waals surface area contributed by atoms with Crippen LogP contribution in [0.3, 0.4) is 0 Å². The third-order valence-corrected chi connectivity index (χ3v) is 1.22. The van der Waals surface area contributed by atoms with Gasteiger partial charge in [-0.2, -0.15) is 0 Å². The van der Waals surface area contributed by atoms with Crippen LogP contribution in [-0.4, -0.2) is 24.5 Å². The van der Waals surface area contributed by atoms with Crippen LogP contribution in [0.1, 0.15) is 26.2 Å². The lowest BCUT2D eigenvalue weighted by molar-refractivity contribution is -0.102. The number of aliphatic hydroxyl groups excluding tert-OH is 1. The fraction of sp³-hybridized carbons (Fsp3) is 1.00. The molecule has 0 aliphatic rings. The minimum atomic E-state index is -0.656. The standard InChI is InChI=1S/C7H17NO2/c1-2-3-6-10-7(9)4-5-8/h7,9H,2-6,8H2,1H3/t7-/m0/s1. The molecular weight excluding hydrogens is 130 g/mol. The zero-order chi connectivity index (χ0) is 7.82. The van der Waals surface area contributed by atoms with E-state index in [1.165, 1.54) is 0 Å². The molecule has 0 radical (unpaired) electrons. The molecule has 0 saturated heterocycles. The summed E-state index contributed by atoms with van der Waals surface area (Å²) in [5.74, 6) is 0. The van der Waals surface area contributed by atoms with Crippen molar-refractivity contribution < 1.29 is 9.84 Å². The molecule has 0 heterocycles. The number of ether oxygens (including phenoxy) is 1. The summed E-state index contributed by atoms with van der Waals surface area (Å²) in [6, 6.07) is 0. The molecule has 0 aliphatic heterocycles. The van der Waals surface area contributed by atoms with Crippen molar-refractivity contribution in [1.82, 2.24) is 0 Å². The van der Waals surface area contributed by atoms with E-state index in [0.717, 1.165) is 12.8 Å². The molecule has 0 aromatic carbocycles. The van der Waals surface area contributed by atoms with Crippen molar-refractivity contribution in [2.45, 2.75) is 32.5 Å². The molecule has 62 valence electrons. The van der Waals surface area contributed by atoms with Crippen LogP contribution in [0.2, 0.25) is 0 Å². The van der Waals surface area contributed by atoms with Crippen molar-refractivity contribution >= 4 is 0 Å². The molecule has 0 fully saturated rings. The number of nitrogens with two attached hydrogens (primary N) is 1. The number of rotatable bonds is 6. The number of aliphatic hydroxyl groups is 1. The molecule has 0 bridgehead atoms. The molecule has 10 heavy (non-hydrogen) atoms. The summed E-state index contributed by atoms with van der Waals surface area (Å²) >= 11 is 0. The molecule has 0 saturated carbocycles. The minimum Gasteiger partial charge on any atom is -0.368 e. The number of unbranched alkanes of at least 4 members (excludes halogenated alkanes) is 1. The van der Waals surface area contributed by atoms with Crippen molar-refractivity contribution in [2.24, 2.45) is 5.73 Å². The Morgan fingerprint density at radius 2 is 2.30 bits per heavy atom. The van der Waals surface area contributed by atoms with Crippen LogP contribution in [0.25, 0.3) is 0 Å². The lowest BCUT2D eigenvalue weighted by atomic mass is 10.3. The quantitative estimate of drug-likeness (QED) is 0.424. The van der Waals surface area contributed by atoms with E-state index in [1.807, 2.05) is 0 Å². The summed E-state index contributed by atoms with van der Waals surface area (Å²) in [5, 5.41) is 8.97. The first-order chi connectivity index (χ1) is 4.81. The lowest BCUT2D eigenvalue weighted by Gasteiger charge is -2.09. The first kappa shape index (κ1) is 9.88. The third-order valence-electron chi connectivity index (χ3n) is 1.22. The van der Waals surface area contributed by atoms with Crippen LogP contribution in [-0.2, 0) is 4.74 Å². The van der Waals surface area contributed by atoms with Crippen LogP contribution in [0.5, 0.6) is 0 Å². The lowest BCUT2D eigenvalue weighted by Crippen LogP contribution is -2.17. The molecule has 0 amide bonds. The predicted octanol–water partition coefficient (Wildman–Crippen LogP) is 0.470. The highest BCUT2D eigenvalue weighted by Gasteiger charge is 1.99. The first-order valence-corrected chi connectivity index (χ1v) is 3.81. The summed E-state index contributed by atoms with van der Waals surface area (Å²) in [6.45, 7) is 3.20. The second kappa shape index (κ2) is 6.99. The Morgan fingerprint density at radius 1 is 1.60 bits per heavy atom. The maximum atomic E-state index is 8.97. The van der Waals surface area contributed by atoms with E-state index in [9.17, 15) is 0 Å². The van der Waals surface area contributed by atoms with Crippen LogP contribution in [0.15, 0.2) is 0 Å². The van der Waals surface area contributed by atoms with E-state index in [0.29, 0.717) is 19.6 Å². The van der Waals surface area contributed by atoms with Gasteiger partial charge in [0.1, 0.15) is 0 Å². The number of hydrogen-bond acceptors (Lipinski definition) is 3. The Hall–Kier alpha value is -0.120. The van der Waals surface area contributed by atoms with Gasteiger partial charge >= 0.3 is 0 Å². The fourth-order valence-corrected chi connectivity index (χ4v) is 0.590. The molecule has 1 atom stereocenters. The van der Waals surface area contributed by atoms with Crippen molar-refractivity contribution in [3.63, 3.8) is 0 Å². The smallest absolute Gasteiger partial charge is 0.155 e. The van der Waals surface area contributed by atoms with E-state index < -0.39 is 6.29 Å². The summed E-state index contributed by atoms with van der Waals surface area (Å²) in [5.41, 5.74) is 5.19. The highest BCUT2D eigenvalue weighted by Crippen LogP contribution is 1.95. The SMILES string of the molecule is CCCCO[C@H](O)CCN. The fourth-order valence-electron chi connectivity index (χ4n) is 0.590. The van der Waals surface area contributed by atoms with Gasteiger partial charge in [0.05, 0.1) is 0 Å². The van der Waals surface area contributed by atoms with E-state index >= 15 is 0 Å². The summed E-state index contributed by atoms with van der Waals surface area (Å²) in [4.78, 5) is 0. The molecule has 0 aromatic heterocycles. The molecule has 0 rings (SSSR count). The van der Waals surface area contributed by atoms with Crippen molar-refractivity contribution in [3.05, 3.63) is 0 Å². The zero-order valence-corrected chi connectivity index (χ0v) is 6.55. The van der Waals surface area contributed by atoms with Crippen LogP contribution < -0.4 is 5.73 Å². The Morgan fingerprint density at radius 3 is 2.80 bits per heavy atom. The monoisotopic (exact) mass is 147 g/mol. The molecule has 0 spiro atoms. The van der Waals surface area contributed by atoms with Gasteiger partial charge in [-0.25, -0.2) is 0 Å². The Kier molecular flexibility index (Phi) is 6.91. The molecule has 0 unspecified atom stereocenters. The molecule has 3 nitrogen and oxygen atoms in total. The van der Waals surface area contributed by atoms with Crippen LogP contribution in [0.4, 0.5) is 0 Å². The van der Waals surface area contributed by atoms with E-state index in [4.69, 9.17) is 15.6 Å². The van der Waals surface area contributed by atoms with Crippen LogP contribution >= 0.6 is 0 Å². The first-order valence-electron chi connectivity index (χ1n) is 3.81. The summed E-state index contributed by atoms with van der Waals surface area (Å²) in [6.07, 6.45) is 1.97. The number of hydrogen-bond donors (Lipinski definition) is 2. The van der Waals surface area contributed by atoms with Gasteiger partial charge in [0.15, 0.2) is 6.29 Å². The van der Waals surface area contributed by atoms with Gasteiger partial charge in [-0.1, -0.05) is 13.3 Å². The summed E-state index contributed by atoms with van der Waals surface area (Å²) in [7, 11) is 0. The molecular formula is C7H17NO2. The Bertz CT molecular complexity index is 68.6. The van der Waals surface area contributed by atoms with E-state index in [1.54, 1.807) is 0 Å². The van der Waals surface area contributed by atoms with E-state index in [2.05, 4.69) is 6.92 Å². The van der Waals surface area contributed by atoms with E-state index in [-0.39, 0.29) is 0 Å². The van der Waals surface area contributed by atoms with Gasteiger partial charge in [-0.15, -0.1) is 0 Å². The average molecular weight is 147 g/mol. The average Bonchev–Trinajstić information content (AvgIpc) is 1.89. The summed E-state index contributed by atoms with van der Waals surface area (Å²) < 4.78 is 5.00. The van der Waals surface area contributed by atoms with Gasteiger partial charge < -0.3 is 15.6 Å². The maximum Gasteiger partial charge on any atom is 0.155 e. The van der Waals surface area contributed by atoms with Gasteiger partial charge in [-0.3, -0.25) is 0 Å². The predicted molar refractivity (Wildman–Crippen MR) is 40.5 cm³/mol. The minimum absolute atomic E-state index is 0.479. The molecule has 0 aromatic rings. The molecule has 3 N–H and O–H groups in total. The maximum absolute atomic E-state index is 8.97. The molecule has 0 aliphatic carbocycles. The zero-order valence-electron chi connectivity index (χ0n) is 6.55. The second-order valence-electron chi connectivity index (χ2n) is 2.26. The van der Waals surface area contributed by atoms with Crippen molar-refractivity contribution in [1.29, 1.82) is 0 Å². The van der Waals surface area contributed by atoms with Gasteiger partial charge in [-0.05, 0) is 13.0 Å². The molecule has 3 heteroatoms. The van der Waals surface area contributed by atoms with Crippen molar-refractivity contribution in [3.8, 4) is 0 Å². The Labute approximate surface area is 62.2 Å². The van der Waals surface area contributed by atoms with Gasteiger partial charge in [0.25, 0.3) is 0 Å². The van der Waals surface area contributed by atoms with Gasteiger partial charge in [0, 0.05) is 13.0 Å². The highest BCUT2D eigenvalue weighted by atomic mass is 16.6. The largest absolute Gasteiger partial charge is 0.368 e. The van der Waals surface area contributed by atoms with Crippen molar-refractivity contribution in [2.75, 3.05) is 13.2 Å². The van der Waals surface area contributed by atoms with Gasteiger partial charge in [0.2, 0.25) is 0 Å². The normalized spacial score (nSPS) is 13.5. The Balaban J connectivity index is 2.97. The topological polar surface area (TPSA) is 55.5 Å².